The standard InChI is InChI=1S/C21H22FN3O5/c1-13(14-5-8-16(22)9-6-14)24(2)19(26)12-25-20(23-30-21(25)27)15-7-10-17(28-3)18(11-15)29-4/h5-11,13H,12H2,1-4H3. The van der Waals surface area contributed by atoms with Gasteiger partial charge in [0.15, 0.2) is 17.3 Å². The van der Waals surface area contributed by atoms with Crippen LogP contribution in [0, 0.1) is 5.82 Å². The van der Waals surface area contributed by atoms with E-state index in [-0.39, 0.29) is 30.1 Å². The van der Waals surface area contributed by atoms with Crippen LogP contribution < -0.4 is 15.2 Å². The van der Waals surface area contributed by atoms with Crippen LogP contribution in [-0.4, -0.2) is 41.8 Å². The molecule has 1 amide bonds. The number of ether oxygens (including phenoxy) is 2. The molecule has 9 heteroatoms. The van der Waals surface area contributed by atoms with Crippen LogP contribution in [0.15, 0.2) is 51.8 Å². The quantitative estimate of drug-likeness (QED) is 0.590. The minimum atomic E-state index is -0.754. The average molecular weight is 415 g/mol. The summed E-state index contributed by atoms with van der Waals surface area (Å²) in [4.78, 5) is 26.5. The Kier molecular flexibility index (Phi) is 6.20. The Morgan fingerprint density at radius 3 is 2.47 bits per heavy atom. The molecule has 0 radical (unpaired) electrons. The molecule has 0 saturated heterocycles. The summed E-state index contributed by atoms with van der Waals surface area (Å²) in [6.45, 7) is 1.55. The summed E-state index contributed by atoms with van der Waals surface area (Å²) in [6.07, 6.45) is 0. The lowest BCUT2D eigenvalue weighted by Crippen LogP contribution is -2.34. The summed E-state index contributed by atoms with van der Waals surface area (Å²) < 4.78 is 29.6. The Balaban J connectivity index is 1.85. The third-order valence-corrected chi connectivity index (χ3v) is 4.95. The highest BCUT2D eigenvalue weighted by Gasteiger charge is 2.22. The molecule has 3 rings (SSSR count). The highest BCUT2D eigenvalue weighted by molar-refractivity contribution is 5.77. The van der Waals surface area contributed by atoms with Gasteiger partial charge in [0.25, 0.3) is 0 Å². The van der Waals surface area contributed by atoms with Crippen molar-refractivity contribution in [2.45, 2.75) is 19.5 Å². The Morgan fingerprint density at radius 2 is 1.83 bits per heavy atom. The summed E-state index contributed by atoms with van der Waals surface area (Å²) in [5.41, 5.74) is 1.30. The number of aromatic nitrogens is 2. The molecule has 0 aliphatic carbocycles. The van der Waals surface area contributed by atoms with Gasteiger partial charge in [-0.05, 0) is 42.8 Å². The first-order chi connectivity index (χ1) is 14.3. The lowest BCUT2D eigenvalue weighted by Gasteiger charge is -2.25. The molecule has 158 valence electrons. The number of hydrogen-bond acceptors (Lipinski definition) is 6. The van der Waals surface area contributed by atoms with Gasteiger partial charge in [0.2, 0.25) is 5.91 Å². The zero-order valence-electron chi connectivity index (χ0n) is 17.1. The fourth-order valence-electron chi connectivity index (χ4n) is 3.02. The smallest absolute Gasteiger partial charge is 0.442 e. The van der Waals surface area contributed by atoms with Crippen molar-refractivity contribution in [3.8, 4) is 22.9 Å². The number of carbonyl (C=O) groups excluding carboxylic acids is 1. The molecular formula is C21H22FN3O5. The van der Waals surface area contributed by atoms with Crippen LogP contribution in [0.25, 0.3) is 11.4 Å². The zero-order valence-corrected chi connectivity index (χ0v) is 17.1. The number of rotatable bonds is 7. The Hall–Kier alpha value is -3.62. The van der Waals surface area contributed by atoms with Crippen molar-refractivity contribution in [3.63, 3.8) is 0 Å². The zero-order chi connectivity index (χ0) is 21.8. The van der Waals surface area contributed by atoms with Crippen LogP contribution in [0.3, 0.4) is 0 Å². The monoisotopic (exact) mass is 415 g/mol. The van der Waals surface area contributed by atoms with Crippen LogP contribution >= 0.6 is 0 Å². The van der Waals surface area contributed by atoms with Gasteiger partial charge in [0.1, 0.15) is 12.4 Å². The van der Waals surface area contributed by atoms with Crippen molar-refractivity contribution in [2.75, 3.05) is 21.3 Å². The van der Waals surface area contributed by atoms with Crippen molar-refractivity contribution in [1.82, 2.24) is 14.6 Å². The molecule has 1 heterocycles. The highest BCUT2D eigenvalue weighted by Crippen LogP contribution is 2.31. The van der Waals surface area contributed by atoms with Crippen LogP contribution in [0.4, 0.5) is 4.39 Å². The van der Waals surface area contributed by atoms with Crippen molar-refractivity contribution in [1.29, 1.82) is 0 Å². The van der Waals surface area contributed by atoms with E-state index in [0.717, 1.165) is 10.1 Å². The van der Waals surface area contributed by atoms with E-state index in [1.165, 1.54) is 31.3 Å². The molecule has 1 unspecified atom stereocenters. The van der Waals surface area contributed by atoms with E-state index in [0.29, 0.717) is 17.1 Å². The molecule has 1 aromatic heterocycles. The maximum Gasteiger partial charge on any atom is 0.442 e. The van der Waals surface area contributed by atoms with Crippen molar-refractivity contribution in [3.05, 3.63) is 64.4 Å². The average Bonchev–Trinajstić information content (AvgIpc) is 3.12. The molecule has 0 aliphatic rings. The first kappa shape index (κ1) is 21.1. The predicted octanol–water partition coefficient (Wildman–Crippen LogP) is 2.88. The van der Waals surface area contributed by atoms with E-state index in [9.17, 15) is 14.0 Å². The Bertz CT molecular complexity index is 1090. The van der Waals surface area contributed by atoms with Crippen molar-refractivity contribution >= 4 is 5.91 Å². The van der Waals surface area contributed by atoms with Gasteiger partial charge in [-0.3, -0.25) is 9.32 Å². The Labute approximate surface area is 172 Å². The third kappa shape index (κ3) is 4.19. The number of methoxy groups -OCH3 is 2. The molecule has 0 fully saturated rings. The fraction of sp³-hybridized carbons (Fsp3) is 0.286. The van der Waals surface area contributed by atoms with E-state index in [4.69, 9.17) is 14.0 Å². The summed E-state index contributed by atoms with van der Waals surface area (Å²) in [7, 11) is 4.62. The van der Waals surface area contributed by atoms with Gasteiger partial charge in [-0.15, -0.1) is 0 Å². The predicted molar refractivity (Wildman–Crippen MR) is 107 cm³/mol. The lowest BCUT2D eigenvalue weighted by molar-refractivity contribution is -0.132. The van der Waals surface area contributed by atoms with Crippen LogP contribution in [0.1, 0.15) is 18.5 Å². The van der Waals surface area contributed by atoms with Gasteiger partial charge in [0, 0.05) is 12.6 Å². The van der Waals surface area contributed by atoms with Gasteiger partial charge >= 0.3 is 5.76 Å². The molecule has 0 N–H and O–H groups in total. The first-order valence-corrected chi connectivity index (χ1v) is 9.15. The second kappa shape index (κ2) is 8.81. The molecule has 0 saturated carbocycles. The maximum absolute atomic E-state index is 13.2. The van der Waals surface area contributed by atoms with Gasteiger partial charge in [0.05, 0.1) is 20.3 Å². The van der Waals surface area contributed by atoms with Crippen LogP contribution in [-0.2, 0) is 11.3 Å². The Morgan fingerprint density at radius 1 is 1.17 bits per heavy atom. The number of carbonyl (C=O) groups is 1. The number of halogens is 1. The highest BCUT2D eigenvalue weighted by atomic mass is 19.1. The van der Waals surface area contributed by atoms with Gasteiger partial charge in [-0.2, -0.15) is 0 Å². The number of likely N-dealkylation sites (N-methyl/N-ethyl adjacent to an activating group) is 1. The second-order valence-corrected chi connectivity index (χ2v) is 6.66. The maximum atomic E-state index is 13.2. The van der Waals surface area contributed by atoms with Crippen LogP contribution in [0.5, 0.6) is 11.5 Å². The van der Waals surface area contributed by atoms with Crippen LogP contribution in [0.2, 0.25) is 0 Å². The largest absolute Gasteiger partial charge is 0.493 e. The van der Waals surface area contributed by atoms with Gasteiger partial charge in [-0.1, -0.05) is 17.3 Å². The van der Waals surface area contributed by atoms with E-state index in [2.05, 4.69) is 5.16 Å². The molecule has 3 aromatic rings. The molecule has 0 spiro atoms. The minimum Gasteiger partial charge on any atom is -0.493 e. The number of benzene rings is 2. The molecule has 30 heavy (non-hydrogen) atoms. The lowest BCUT2D eigenvalue weighted by atomic mass is 10.1. The summed E-state index contributed by atoms with van der Waals surface area (Å²) >= 11 is 0. The van der Waals surface area contributed by atoms with E-state index in [1.807, 2.05) is 6.92 Å². The molecule has 2 aromatic carbocycles. The number of amides is 1. The van der Waals surface area contributed by atoms with E-state index in [1.54, 1.807) is 37.4 Å². The van der Waals surface area contributed by atoms with E-state index >= 15 is 0 Å². The fourth-order valence-corrected chi connectivity index (χ4v) is 3.02. The minimum absolute atomic E-state index is 0.192. The topological polar surface area (TPSA) is 86.8 Å². The molecule has 0 aliphatic heterocycles. The molecular weight excluding hydrogens is 393 g/mol. The van der Waals surface area contributed by atoms with Gasteiger partial charge in [-0.25, -0.2) is 13.8 Å². The summed E-state index contributed by atoms with van der Waals surface area (Å²) in [5.74, 6) is -0.282. The summed E-state index contributed by atoms with van der Waals surface area (Å²) in [6, 6.07) is 10.6. The first-order valence-electron chi connectivity index (χ1n) is 9.15. The molecule has 0 bridgehead atoms. The number of hydrogen-bond donors (Lipinski definition) is 0. The molecule has 8 nitrogen and oxygen atoms in total. The SMILES string of the molecule is COc1ccc(-c2noc(=O)n2CC(=O)N(C)C(C)c2ccc(F)cc2)cc1OC. The van der Waals surface area contributed by atoms with Crippen molar-refractivity contribution < 1.29 is 23.2 Å². The summed E-state index contributed by atoms with van der Waals surface area (Å²) in [5, 5.41) is 3.81. The van der Waals surface area contributed by atoms with Gasteiger partial charge < -0.3 is 14.4 Å². The number of nitrogens with zero attached hydrogens (tertiary/aromatic N) is 3. The van der Waals surface area contributed by atoms with Crippen molar-refractivity contribution in [2.24, 2.45) is 0 Å². The second-order valence-electron chi connectivity index (χ2n) is 6.66. The molecule has 1 atom stereocenters. The normalized spacial score (nSPS) is 11.8. The van der Waals surface area contributed by atoms with E-state index < -0.39 is 5.76 Å². The third-order valence-electron chi connectivity index (χ3n) is 4.95.